The molecule has 0 aromatic heterocycles. The second kappa shape index (κ2) is 12.7. The van der Waals surface area contributed by atoms with Crippen LogP contribution in [0.25, 0.3) is 4.85 Å². The van der Waals surface area contributed by atoms with E-state index in [-0.39, 0.29) is 30.3 Å². The highest BCUT2D eigenvalue weighted by Gasteiger charge is 2.78. The van der Waals surface area contributed by atoms with E-state index in [0.717, 1.165) is 22.6 Å². The van der Waals surface area contributed by atoms with Gasteiger partial charge in [-0.2, -0.15) is 18.4 Å². The first-order valence-corrected chi connectivity index (χ1v) is 18.3. The number of benzene rings is 2. The van der Waals surface area contributed by atoms with Gasteiger partial charge in [0, 0.05) is 25.5 Å². The lowest BCUT2D eigenvalue weighted by molar-refractivity contribution is -0.162. The quantitative estimate of drug-likeness (QED) is 0.239. The number of hydrogen-bond acceptors (Lipinski definition) is 10. The molecule has 4 unspecified atom stereocenters. The summed E-state index contributed by atoms with van der Waals surface area (Å²) in [6.45, 7) is 17.3. The van der Waals surface area contributed by atoms with Gasteiger partial charge in [-0.3, -0.25) is 24.0 Å². The Bertz CT molecular complexity index is 2200. The lowest BCUT2D eigenvalue weighted by Gasteiger charge is -2.36. The molecular formula is C40H39F3N4O9. The van der Waals surface area contributed by atoms with Crippen LogP contribution in [0.4, 0.5) is 30.2 Å². The molecular weight excluding hydrogens is 737 g/mol. The Morgan fingerprint density at radius 1 is 0.911 bits per heavy atom. The maximum Gasteiger partial charge on any atom is 0.417 e. The number of anilines is 2. The largest absolute Gasteiger partial charge is 0.459 e. The number of aryl methyl sites for hydroxylation is 1. The highest BCUT2D eigenvalue weighted by molar-refractivity contribution is 6.24. The summed E-state index contributed by atoms with van der Waals surface area (Å²) in [5.41, 5.74) is -4.50. The normalized spacial score (nSPS) is 36.3. The number of rotatable bonds is 5. The van der Waals surface area contributed by atoms with Crippen LogP contribution in [0.1, 0.15) is 77.0 Å². The van der Waals surface area contributed by atoms with Crippen molar-refractivity contribution in [2.24, 2.45) is 23.7 Å². The molecule has 56 heavy (non-hydrogen) atoms. The third kappa shape index (κ3) is 5.18. The molecule has 294 valence electrons. The van der Waals surface area contributed by atoms with Crippen molar-refractivity contribution in [3.8, 4) is 6.07 Å². The van der Waals surface area contributed by atoms with Gasteiger partial charge in [-0.15, -0.1) is 0 Å². The van der Waals surface area contributed by atoms with E-state index in [9.17, 15) is 42.3 Å². The van der Waals surface area contributed by atoms with Gasteiger partial charge in [0.15, 0.2) is 5.69 Å². The number of imide groups is 2. The third-order valence-electron chi connectivity index (χ3n) is 12.8. The Hall–Kier alpha value is -5.16. The molecule has 6 aliphatic heterocycles. The number of amides is 4. The minimum Gasteiger partial charge on any atom is -0.459 e. The summed E-state index contributed by atoms with van der Waals surface area (Å²) in [7, 11) is 0. The number of aliphatic hydroxyl groups excluding tert-OH is 1. The van der Waals surface area contributed by atoms with E-state index >= 15 is 0 Å². The van der Waals surface area contributed by atoms with E-state index in [1.54, 1.807) is 39.0 Å². The predicted octanol–water partition coefficient (Wildman–Crippen LogP) is 5.31. The Morgan fingerprint density at radius 2 is 1.41 bits per heavy atom. The fourth-order valence-electron chi connectivity index (χ4n) is 10.5. The summed E-state index contributed by atoms with van der Waals surface area (Å²) in [6, 6.07) is 9.17. The van der Waals surface area contributed by atoms with Gasteiger partial charge < -0.3 is 19.3 Å². The van der Waals surface area contributed by atoms with Crippen LogP contribution < -0.4 is 9.80 Å². The van der Waals surface area contributed by atoms with Crippen LogP contribution in [0, 0.1) is 48.5 Å². The van der Waals surface area contributed by atoms with Crippen LogP contribution in [0.3, 0.4) is 0 Å². The number of ether oxygens (including phenoxy) is 3. The van der Waals surface area contributed by atoms with Crippen LogP contribution in [-0.4, -0.2) is 69.3 Å². The maximum absolute atomic E-state index is 13.4. The molecule has 0 radical (unpaired) electrons. The highest BCUT2D eigenvalue weighted by Crippen LogP contribution is 2.64. The fourth-order valence-corrected chi connectivity index (χ4v) is 10.5. The molecule has 4 bridgehead atoms. The number of nitrogens with zero attached hydrogens (tertiary/aromatic N) is 4. The van der Waals surface area contributed by atoms with Crippen LogP contribution >= 0.6 is 0 Å². The third-order valence-corrected chi connectivity index (χ3v) is 12.8. The van der Waals surface area contributed by atoms with Gasteiger partial charge in [0.1, 0.15) is 17.3 Å². The van der Waals surface area contributed by atoms with Crippen molar-refractivity contribution in [2.75, 3.05) is 9.80 Å². The Morgan fingerprint density at radius 3 is 1.91 bits per heavy atom. The molecule has 2 aromatic carbocycles. The van der Waals surface area contributed by atoms with Gasteiger partial charge in [-0.25, -0.2) is 14.6 Å². The van der Waals surface area contributed by atoms with Crippen LogP contribution in [-0.2, 0) is 44.4 Å². The molecule has 6 fully saturated rings. The van der Waals surface area contributed by atoms with Crippen molar-refractivity contribution in [3.63, 3.8) is 0 Å². The van der Waals surface area contributed by atoms with Gasteiger partial charge in [-0.1, -0.05) is 19.9 Å². The number of carbonyl (C=O) groups is 5. The second-order valence-corrected chi connectivity index (χ2v) is 15.8. The maximum atomic E-state index is 13.4. The van der Waals surface area contributed by atoms with Crippen molar-refractivity contribution < 1.29 is 56.5 Å². The van der Waals surface area contributed by atoms with E-state index < -0.39 is 93.4 Å². The second-order valence-electron chi connectivity index (χ2n) is 15.8. The minimum atomic E-state index is -4.83. The number of halogens is 3. The summed E-state index contributed by atoms with van der Waals surface area (Å²) < 4.78 is 57.9. The fraction of sp³-hybridized carbons (Fsp3) is 0.525. The number of hydrogen-bond donors (Lipinski definition) is 1. The minimum absolute atomic E-state index is 0.204. The number of carbonyl (C=O) groups excluding carboxylic acids is 5. The molecule has 2 aromatic rings. The van der Waals surface area contributed by atoms with Gasteiger partial charge in [-0.05, 0) is 69.5 Å². The van der Waals surface area contributed by atoms with Crippen molar-refractivity contribution in [1.29, 1.82) is 5.26 Å². The van der Waals surface area contributed by atoms with E-state index in [4.69, 9.17) is 26.0 Å². The molecule has 8 rings (SSSR count). The van der Waals surface area contributed by atoms with Crippen LogP contribution in [0.15, 0.2) is 36.4 Å². The topological polar surface area (TPSA) is 168 Å². The average Bonchev–Trinajstić information content (AvgIpc) is 3.89. The summed E-state index contributed by atoms with van der Waals surface area (Å²) in [4.78, 5) is 69.9. The zero-order chi connectivity index (χ0) is 41.1. The van der Waals surface area contributed by atoms with Crippen molar-refractivity contribution >= 4 is 46.7 Å². The first-order chi connectivity index (χ1) is 26.2. The summed E-state index contributed by atoms with van der Waals surface area (Å²) >= 11 is 0. The zero-order valence-corrected chi connectivity index (χ0v) is 31.4. The first-order valence-electron chi connectivity index (χ1n) is 18.3. The van der Waals surface area contributed by atoms with Crippen LogP contribution in [0.2, 0.25) is 0 Å². The Labute approximate surface area is 320 Å². The Kier molecular flexibility index (Phi) is 8.85. The number of fused-ring (bicyclic) bond motifs is 10. The van der Waals surface area contributed by atoms with E-state index in [1.807, 2.05) is 13.8 Å². The number of alkyl halides is 3. The molecule has 1 N–H and O–H groups in total. The van der Waals surface area contributed by atoms with Gasteiger partial charge in [0.2, 0.25) is 23.6 Å². The average molecular weight is 777 g/mol. The van der Waals surface area contributed by atoms with Crippen molar-refractivity contribution in [3.05, 3.63) is 64.5 Å². The molecule has 4 amide bonds. The molecule has 6 aliphatic rings. The highest BCUT2D eigenvalue weighted by atomic mass is 19.4. The van der Waals surface area contributed by atoms with Gasteiger partial charge in [0.25, 0.3) is 0 Å². The van der Waals surface area contributed by atoms with E-state index in [1.165, 1.54) is 17.9 Å². The molecule has 10 atom stereocenters. The van der Waals surface area contributed by atoms with E-state index in [0.29, 0.717) is 30.3 Å². The lowest BCUT2D eigenvalue weighted by atomic mass is 9.66. The molecule has 6 saturated heterocycles. The molecule has 16 heteroatoms. The monoisotopic (exact) mass is 776 g/mol. The molecule has 0 saturated carbocycles. The van der Waals surface area contributed by atoms with Gasteiger partial charge in [0.05, 0.1) is 70.4 Å². The number of esters is 1. The predicted molar refractivity (Wildman–Crippen MR) is 188 cm³/mol. The Balaban J connectivity index is 0.000000175. The smallest absolute Gasteiger partial charge is 0.417 e. The summed E-state index contributed by atoms with van der Waals surface area (Å²) in [5.74, 6) is -5.60. The zero-order valence-electron chi connectivity index (χ0n) is 31.4. The van der Waals surface area contributed by atoms with Gasteiger partial charge >= 0.3 is 12.1 Å². The molecule has 0 spiro atoms. The number of aliphatic hydroxyl groups is 1. The summed E-state index contributed by atoms with van der Waals surface area (Å²) in [5, 5.41) is 19.5. The SMILES string of the molecule is CCC12OC(C)(C[C@H]1OC(C)=O)[C@@H]1C(=O)N(c3ccc(C#N)c(C(F)(F)F)c3)C(=O)[C@@H]12.[C-]#[N+]c1ccc(N2C(=O)[C@@H]3[C@H](C2=O)C2(C)C[C@H](O)C3(CC)O2)cc1C. The van der Waals surface area contributed by atoms with Crippen molar-refractivity contribution in [1.82, 2.24) is 0 Å². The first kappa shape index (κ1) is 39.1. The number of nitriles is 1. The lowest BCUT2D eigenvalue weighted by Crippen LogP contribution is -2.52. The molecule has 13 nitrogen and oxygen atoms in total. The standard InChI is InChI=1S/C21H19F3N2O5.C19H20N2O4/c1-4-20-14(30-10(2)27)8-19(3,31-20)15-16(20)18(29)26(17(15)28)12-6-5-11(9-25)13(7-12)21(22,23)24;1-5-19-13(22)9-18(3,25-19)14-15(19)17(24)21(16(14)23)11-6-7-12(20-4)10(2)8-11/h5-7,14-16H,4,8H2,1-3H3;6-8,13-15,22H,5,9H2,1-3H3/t14-,15+,16-,19?,20?;13-,14+,15-,18?,19?/m10/s1. The van der Waals surface area contributed by atoms with Crippen LogP contribution in [0.5, 0.6) is 0 Å². The summed E-state index contributed by atoms with van der Waals surface area (Å²) in [6.07, 6.45) is -5.00. The van der Waals surface area contributed by atoms with Crippen molar-refractivity contribution in [2.45, 2.75) is 108 Å². The molecule has 0 aliphatic carbocycles. The molecule has 6 heterocycles. The van der Waals surface area contributed by atoms with E-state index in [2.05, 4.69) is 4.85 Å².